The van der Waals surface area contributed by atoms with Gasteiger partial charge in [0.1, 0.15) is 18.2 Å². The lowest BCUT2D eigenvalue weighted by molar-refractivity contribution is 0.103. The summed E-state index contributed by atoms with van der Waals surface area (Å²) in [7, 11) is 0. The van der Waals surface area contributed by atoms with E-state index in [0.29, 0.717) is 16.9 Å². The Kier molecular flexibility index (Phi) is 6.14. The summed E-state index contributed by atoms with van der Waals surface area (Å²) in [6, 6.07) is 16.1. The monoisotopic (exact) mass is 460 g/mol. The number of ketones is 1. The number of nitrogens with zero attached hydrogens (tertiary/aromatic N) is 3. The van der Waals surface area contributed by atoms with E-state index in [1.165, 1.54) is 18.2 Å². The van der Waals surface area contributed by atoms with Crippen molar-refractivity contribution >= 4 is 22.6 Å². The van der Waals surface area contributed by atoms with Crippen LogP contribution >= 0.6 is 0 Å². The highest BCUT2D eigenvalue weighted by atomic mass is 19.1. The molecule has 5 rings (SSSR count). The Morgan fingerprint density at radius 3 is 2.59 bits per heavy atom. The highest BCUT2D eigenvalue weighted by Crippen LogP contribution is 2.27. The molecular formula is C26H22F2N4O2. The molecule has 1 aromatic heterocycles. The van der Waals surface area contributed by atoms with Gasteiger partial charge in [-0.25, -0.2) is 13.8 Å². The standard InChI is InChI=1S/C26H22F2N4O2/c27-19-7-9-22(34-16-17-4-2-1-3-5-17)25(28)24(19)26(33)18-6-8-20-21(14-18)31-23(15-30-20)32-12-10-29-11-13-32/h1-9,14-15,29H,10-13,16H2. The first-order valence-corrected chi connectivity index (χ1v) is 11.0. The third-order valence-corrected chi connectivity index (χ3v) is 5.75. The molecule has 1 aliphatic heterocycles. The van der Waals surface area contributed by atoms with Crippen LogP contribution in [0.15, 0.2) is 66.9 Å². The van der Waals surface area contributed by atoms with E-state index in [9.17, 15) is 9.18 Å². The van der Waals surface area contributed by atoms with Gasteiger partial charge in [-0.05, 0) is 35.9 Å². The third kappa shape index (κ3) is 4.45. The van der Waals surface area contributed by atoms with Gasteiger partial charge in [0, 0.05) is 31.7 Å². The number of halogens is 2. The van der Waals surface area contributed by atoms with Crippen molar-refractivity contribution in [2.75, 3.05) is 31.1 Å². The van der Waals surface area contributed by atoms with E-state index in [1.54, 1.807) is 12.3 Å². The number of nitrogens with one attached hydrogen (secondary N) is 1. The predicted molar refractivity (Wildman–Crippen MR) is 125 cm³/mol. The van der Waals surface area contributed by atoms with Crippen molar-refractivity contribution in [1.82, 2.24) is 15.3 Å². The number of anilines is 1. The number of piperazine rings is 1. The quantitative estimate of drug-likeness (QED) is 0.437. The van der Waals surface area contributed by atoms with E-state index >= 15 is 4.39 Å². The second-order valence-corrected chi connectivity index (χ2v) is 8.01. The lowest BCUT2D eigenvalue weighted by Crippen LogP contribution is -2.43. The fraction of sp³-hybridized carbons (Fsp3) is 0.192. The largest absolute Gasteiger partial charge is 0.486 e. The number of carbonyl (C=O) groups is 1. The summed E-state index contributed by atoms with van der Waals surface area (Å²) in [6.07, 6.45) is 1.70. The number of carbonyl (C=O) groups excluding carboxylic acids is 1. The second-order valence-electron chi connectivity index (χ2n) is 8.01. The maximum atomic E-state index is 15.2. The van der Waals surface area contributed by atoms with Crippen molar-refractivity contribution in [2.45, 2.75) is 6.61 Å². The Labute approximate surface area is 195 Å². The zero-order chi connectivity index (χ0) is 23.5. The van der Waals surface area contributed by atoms with Crippen LogP contribution in [0.2, 0.25) is 0 Å². The molecule has 2 heterocycles. The number of ether oxygens (including phenoxy) is 1. The summed E-state index contributed by atoms with van der Waals surface area (Å²) in [5, 5.41) is 3.28. The van der Waals surface area contributed by atoms with Crippen LogP contribution in [0.4, 0.5) is 14.6 Å². The molecule has 0 aliphatic carbocycles. The van der Waals surface area contributed by atoms with Gasteiger partial charge in [-0.1, -0.05) is 30.3 Å². The molecule has 0 spiro atoms. The summed E-state index contributed by atoms with van der Waals surface area (Å²) in [5.41, 5.74) is 1.37. The molecule has 6 nitrogen and oxygen atoms in total. The number of fused-ring (bicyclic) bond motifs is 1. The summed E-state index contributed by atoms with van der Waals surface area (Å²) in [6.45, 7) is 3.38. The lowest BCUT2D eigenvalue weighted by atomic mass is 10.0. The molecule has 0 saturated carbocycles. The van der Waals surface area contributed by atoms with Crippen molar-refractivity contribution in [3.63, 3.8) is 0 Å². The highest BCUT2D eigenvalue weighted by Gasteiger charge is 2.23. The highest BCUT2D eigenvalue weighted by molar-refractivity contribution is 6.10. The van der Waals surface area contributed by atoms with Crippen LogP contribution in [0.25, 0.3) is 11.0 Å². The predicted octanol–water partition coefficient (Wildman–Crippen LogP) is 4.13. The minimum atomic E-state index is -1.03. The molecule has 3 aromatic carbocycles. The topological polar surface area (TPSA) is 67.4 Å². The Morgan fingerprint density at radius 2 is 1.79 bits per heavy atom. The average molecular weight is 460 g/mol. The van der Waals surface area contributed by atoms with Crippen molar-refractivity contribution in [3.8, 4) is 5.75 Å². The molecule has 4 aromatic rings. The molecule has 172 valence electrons. The normalized spacial score (nSPS) is 13.8. The number of aromatic nitrogens is 2. The van der Waals surface area contributed by atoms with Gasteiger partial charge in [-0.15, -0.1) is 0 Å². The zero-order valence-corrected chi connectivity index (χ0v) is 18.3. The van der Waals surface area contributed by atoms with Crippen molar-refractivity contribution < 1.29 is 18.3 Å². The number of hydrogen-bond donors (Lipinski definition) is 1. The average Bonchev–Trinajstić information content (AvgIpc) is 2.88. The Hall–Kier alpha value is -3.91. The second kappa shape index (κ2) is 9.52. The Balaban J connectivity index is 1.44. The van der Waals surface area contributed by atoms with E-state index < -0.39 is 23.0 Å². The number of benzene rings is 3. The minimum Gasteiger partial charge on any atom is -0.486 e. The van der Waals surface area contributed by atoms with E-state index in [1.807, 2.05) is 30.3 Å². The van der Waals surface area contributed by atoms with Crippen LogP contribution in [-0.2, 0) is 6.61 Å². The van der Waals surface area contributed by atoms with Gasteiger partial charge in [-0.3, -0.25) is 9.78 Å². The van der Waals surface area contributed by atoms with Gasteiger partial charge in [0.2, 0.25) is 0 Å². The van der Waals surface area contributed by atoms with Crippen LogP contribution in [0.3, 0.4) is 0 Å². The summed E-state index contributed by atoms with van der Waals surface area (Å²) in [5.74, 6) is -2.24. The molecule has 1 N–H and O–H groups in total. The Morgan fingerprint density at radius 1 is 1.00 bits per heavy atom. The molecule has 0 unspecified atom stereocenters. The van der Waals surface area contributed by atoms with Gasteiger partial charge >= 0.3 is 0 Å². The number of rotatable bonds is 6. The first kappa shape index (κ1) is 21.9. The van der Waals surface area contributed by atoms with Crippen LogP contribution < -0.4 is 15.0 Å². The molecule has 1 aliphatic rings. The molecule has 0 amide bonds. The van der Waals surface area contributed by atoms with Crippen molar-refractivity contribution in [3.05, 3.63) is 95.2 Å². The van der Waals surface area contributed by atoms with E-state index in [4.69, 9.17) is 4.74 Å². The van der Waals surface area contributed by atoms with Crippen molar-refractivity contribution in [1.29, 1.82) is 0 Å². The fourth-order valence-corrected chi connectivity index (χ4v) is 3.92. The van der Waals surface area contributed by atoms with E-state index in [0.717, 1.165) is 37.8 Å². The van der Waals surface area contributed by atoms with Gasteiger partial charge in [0.05, 0.1) is 22.8 Å². The van der Waals surface area contributed by atoms with E-state index in [-0.39, 0.29) is 17.9 Å². The van der Waals surface area contributed by atoms with Gasteiger partial charge in [-0.2, -0.15) is 0 Å². The molecule has 0 bridgehead atoms. The molecule has 0 radical (unpaired) electrons. The van der Waals surface area contributed by atoms with Crippen LogP contribution in [0, 0.1) is 11.6 Å². The number of hydrogen-bond acceptors (Lipinski definition) is 6. The molecular weight excluding hydrogens is 438 g/mol. The van der Waals surface area contributed by atoms with Crippen LogP contribution in [0.1, 0.15) is 21.5 Å². The van der Waals surface area contributed by atoms with Gasteiger partial charge in [0.25, 0.3) is 0 Å². The molecule has 1 fully saturated rings. The molecule has 1 saturated heterocycles. The minimum absolute atomic E-state index is 0.0946. The SMILES string of the molecule is O=C(c1ccc2ncc(N3CCNCC3)nc2c1)c1c(F)ccc(OCc2ccccc2)c1F. The molecule has 34 heavy (non-hydrogen) atoms. The first-order chi connectivity index (χ1) is 16.6. The maximum absolute atomic E-state index is 15.2. The van der Waals surface area contributed by atoms with Crippen LogP contribution in [0.5, 0.6) is 5.75 Å². The van der Waals surface area contributed by atoms with Gasteiger partial charge in [0.15, 0.2) is 17.3 Å². The molecule has 0 atom stereocenters. The summed E-state index contributed by atoms with van der Waals surface area (Å²) >= 11 is 0. The molecule has 8 heteroatoms. The summed E-state index contributed by atoms with van der Waals surface area (Å²) < 4.78 is 35.3. The Bertz CT molecular complexity index is 1340. The van der Waals surface area contributed by atoms with Crippen LogP contribution in [-0.4, -0.2) is 41.9 Å². The maximum Gasteiger partial charge on any atom is 0.199 e. The third-order valence-electron chi connectivity index (χ3n) is 5.75. The van der Waals surface area contributed by atoms with Gasteiger partial charge < -0.3 is 15.0 Å². The smallest absolute Gasteiger partial charge is 0.199 e. The fourth-order valence-electron chi connectivity index (χ4n) is 3.92. The zero-order valence-electron chi connectivity index (χ0n) is 18.3. The van der Waals surface area contributed by atoms with E-state index in [2.05, 4.69) is 20.2 Å². The first-order valence-electron chi connectivity index (χ1n) is 11.0. The van der Waals surface area contributed by atoms with Crippen molar-refractivity contribution in [2.24, 2.45) is 0 Å². The summed E-state index contributed by atoms with van der Waals surface area (Å²) in [4.78, 5) is 24.3. The lowest BCUT2D eigenvalue weighted by Gasteiger charge is -2.28.